The summed E-state index contributed by atoms with van der Waals surface area (Å²) in [5.41, 5.74) is 2.68. The molecule has 0 nitrogen and oxygen atoms in total. The van der Waals surface area contributed by atoms with Crippen LogP contribution in [0.2, 0.25) is 0 Å². The summed E-state index contributed by atoms with van der Waals surface area (Å²) < 4.78 is 1.38. The molecule has 0 atom stereocenters. The third kappa shape index (κ3) is 3.28. The van der Waals surface area contributed by atoms with E-state index in [2.05, 4.69) is 72.8 Å². The quantitative estimate of drug-likeness (QED) is 0.552. The molecule has 0 radical (unpaired) electrons. The summed E-state index contributed by atoms with van der Waals surface area (Å²) in [6.45, 7) is 0. The molecule has 3 aromatic rings. The van der Waals surface area contributed by atoms with E-state index in [-0.39, 0.29) is 0 Å². The zero-order chi connectivity index (χ0) is 12.9. The van der Waals surface area contributed by atoms with Crippen molar-refractivity contribution in [2.75, 3.05) is 0 Å². The van der Waals surface area contributed by atoms with Crippen LogP contribution in [0, 0.1) is 0 Å². The first-order valence-electron chi connectivity index (χ1n) is 6.24. The molecule has 0 fully saturated rings. The number of thioether (sulfide) groups is 1. The molecular formula is C17H14S2. The van der Waals surface area contributed by atoms with E-state index in [0.717, 1.165) is 5.75 Å². The van der Waals surface area contributed by atoms with Crippen molar-refractivity contribution < 1.29 is 0 Å². The van der Waals surface area contributed by atoms with E-state index in [9.17, 15) is 0 Å². The van der Waals surface area contributed by atoms with Crippen molar-refractivity contribution in [3.63, 3.8) is 0 Å². The monoisotopic (exact) mass is 282 g/mol. The van der Waals surface area contributed by atoms with E-state index in [1.165, 1.54) is 20.2 Å². The van der Waals surface area contributed by atoms with Crippen LogP contribution in [-0.2, 0) is 5.75 Å². The minimum absolute atomic E-state index is 1.04. The maximum atomic E-state index is 2.22. The van der Waals surface area contributed by atoms with Crippen LogP contribution in [-0.4, -0.2) is 0 Å². The lowest BCUT2D eigenvalue weighted by Crippen LogP contribution is -1.76. The molecule has 0 aliphatic carbocycles. The molecule has 1 heterocycles. The second-order valence-corrected chi connectivity index (χ2v) is 6.62. The highest BCUT2D eigenvalue weighted by Crippen LogP contribution is 2.35. The fourth-order valence-corrected chi connectivity index (χ4v) is 3.97. The Morgan fingerprint density at radius 1 is 0.737 bits per heavy atom. The predicted octanol–water partition coefficient (Wildman–Crippen LogP) is 5.71. The molecule has 0 aliphatic heterocycles. The minimum Gasteiger partial charge on any atom is -0.129 e. The van der Waals surface area contributed by atoms with Gasteiger partial charge in [0.15, 0.2) is 0 Å². The van der Waals surface area contributed by atoms with Crippen molar-refractivity contribution in [3.05, 3.63) is 78.4 Å². The topological polar surface area (TPSA) is 0 Å². The van der Waals surface area contributed by atoms with Crippen molar-refractivity contribution >= 4 is 23.1 Å². The number of hydrogen-bond donors (Lipinski definition) is 0. The van der Waals surface area contributed by atoms with Gasteiger partial charge in [0, 0.05) is 10.6 Å². The van der Waals surface area contributed by atoms with Crippen LogP contribution in [0.5, 0.6) is 0 Å². The second-order valence-electron chi connectivity index (χ2n) is 4.26. The van der Waals surface area contributed by atoms with E-state index in [4.69, 9.17) is 0 Å². The molecule has 19 heavy (non-hydrogen) atoms. The standard InChI is InChI=1S/C17H14S2/c1-3-7-14(8-4-1)13-18-17-12-11-16(19-17)15-9-5-2-6-10-15/h1-12H,13H2. The van der Waals surface area contributed by atoms with Gasteiger partial charge in [-0.2, -0.15) is 0 Å². The lowest BCUT2D eigenvalue weighted by molar-refractivity contribution is 1.41. The van der Waals surface area contributed by atoms with Crippen molar-refractivity contribution in [2.45, 2.75) is 9.96 Å². The summed E-state index contributed by atoms with van der Waals surface area (Å²) in [5.74, 6) is 1.04. The Morgan fingerprint density at radius 3 is 2.16 bits per heavy atom. The van der Waals surface area contributed by atoms with Crippen LogP contribution >= 0.6 is 23.1 Å². The van der Waals surface area contributed by atoms with E-state index in [0.29, 0.717) is 0 Å². The van der Waals surface area contributed by atoms with E-state index < -0.39 is 0 Å². The Kier molecular flexibility index (Phi) is 4.01. The first-order valence-corrected chi connectivity index (χ1v) is 8.04. The van der Waals surface area contributed by atoms with Gasteiger partial charge in [0.1, 0.15) is 0 Å². The zero-order valence-electron chi connectivity index (χ0n) is 10.5. The van der Waals surface area contributed by atoms with E-state index in [1.54, 1.807) is 0 Å². The molecule has 94 valence electrons. The average Bonchev–Trinajstić information content (AvgIpc) is 2.96. The SMILES string of the molecule is c1ccc(CSc2ccc(-c3ccccc3)s2)cc1. The Morgan fingerprint density at radius 2 is 1.42 bits per heavy atom. The lowest BCUT2D eigenvalue weighted by atomic mass is 10.2. The molecule has 0 amide bonds. The highest BCUT2D eigenvalue weighted by Gasteiger charge is 2.03. The highest BCUT2D eigenvalue weighted by molar-refractivity contribution is 8.00. The molecule has 2 heteroatoms. The third-order valence-corrected chi connectivity index (χ3v) is 5.29. The van der Waals surface area contributed by atoms with Gasteiger partial charge in [-0.25, -0.2) is 0 Å². The summed E-state index contributed by atoms with van der Waals surface area (Å²) in [5, 5.41) is 0. The Bertz CT molecular complexity index is 627. The van der Waals surface area contributed by atoms with Crippen LogP contribution in [0.3, 0.4) is 0 Å². The normalized spacial score (nSPS) is 10.5. The largest absolute Gasteiger partial charge is 0.129 e. The Labute approximate surface area is 122 Å². The average molecular weight is 282 g/mol. The fraction of sp³-hybridized carbons (Fsp3) is 0.0588. The van der Waals surface area contributed by atoms with Gasteiger partial charge in [-0.15, -0.1) is 23.1 Å². The molecule has 0 aliphatic rings. The van der Waals surface area contributed by atoms with Gasteiger partial charge in [0.05, 0.1) is 4.21 Å². The molecule has 0 N–H and O–H groups in total. The van der Waals surface area contributed by atoms with Crippen LogP contribution in [0.25, 0.3) is 10.4 Å². The van der Waals surface area contributed by atoms with Crippen LogP contribution in [0.15, 0.2) is 77.0 Å². The first kappa shape index (κ1) is 12.5. The number of rotatable bonds is 4. The van der Waals surface area contributed by atoms with Gasteiger partial charge >= 0.3 is 0 Å². The smallest absolute Gasteiger partial charge is 0.0608 e. The summed E-state index contributed by atoms with van der Waals surface area (Å²) in [6.07, 6.45) is 0. The number of benzene rings is 2. The van der Waals surface area contributed by atoms with Gasteiger partial charge in [-0.3, -0.25) is 0 Å². The summed E-state index contributed by atoms with van der Waals surface area (Å²) in [7, 11) is 0. The van der Waals surface area contributed by atoms with Crippen LogP contribution < -0.4 is 0 Å². The lowest BCUT2D eigenvalue weighted by Gasteiger charge is -1.99. The van der Waals surface area contributed by atoms with Gasteiger partial charge in [0.25, 0.3) is 0 Å². The molecule has 2 aromatic carbocycles. The fourth-order valence-electron chi connectivity index (χ4n) is 1.88. The number of thiophene rings is 1. The van der Waals surface area contributed by atoms with Crippen molar-refractivity contribution in [2.24, 2.45) is 0 Å². The van der Waals surface area contributed by atoms with E-state index >= 15 is 0 Å². The summed E-state index contributed by atoms with van der Waals surface area (Å²) >= 11 is 3.78. The van der Waals surface area contributed by atoms with Crippen LogP contribution in [0.4, 0.5) is 0 Å². The molecule has 0 saturated heterocycles. The highest BCUT2D eigenvalue weighted by atomic mass is 32.2. The van der Waals surface area contributed by atoms with Crippen LogP contribution in [0.1, 0.15) is 5.56 Å². The first-order chi connectivity index (χ1) is 9.42. The number of hydrogen-bond acceptors (Lipinski definition) is 2. The Balaban J connectivity index is 1.69. The molecule has 1 aromatic heterocycles. The second kappa shape index (κ2) is 6.09. The zero-order valence-corrected chi connectivity index (χ0v) is 12.1. The molecule has 0 spiro atoms. The van der Waals surface area contributed by atoms with Gasteiger partial charge in [-0.1, -0.05) is 60.7 Å². The predicted molar refractivity (Wildman–Crippen MR) is 85.8 cm³/mol. The van der Waals surface area contributed by atoms with E-state index in [1.807, 2.05) is 23.1 Å². The maximum Gasteiger partial charge on any atom is 0.0608 e. The third-order valence-electron chi connectivity index (χ3n) is 2.86. The molecule has 0 unspecified atom stereocenters. The summed E-state index contributed by atoms with van der Waals surface area (Å²) in [6, 6.07) is 25.6. The Hall–Kier alpha value is -1.51. The molecular weight excluding hydrogens is 268 g/mol. The molecule has 0 saturated carbocycles. The summed E-state index contributed by atoms with van der Waals surface area (Å²) in [4.78, 5) is 1.34. The van der Waals surface area contributed by atoms with Gasteiger partial charge < -0.3 is 0 Å². The van der Waals surface area contributed by atoms with Crippen molar-refractivity contribution in [3.8, 4) is 10.4 Å². The van der Waals surface area contributed by atoms with Crippen molar-refractivity contribution in [1.82, 2.24) is 0 Å². The maximum absolute atomic E-state index is 2.22. The minimum atomic E-state index is 1.04. The molecule has 0 bridgehead atoms. The molecule has 3 rings (SSSR count). The van der Waals surface area contributed by atoms with Gasteiger partial charge in [-0.05, 0) is 23.3 Å². The van der Waals surface area contributed by atoms with Gasteiger partial charge in [0.2, 0.25) is 0 Å². The van der Waals surface area contributed by atoms with Crippen molar-refractivity contribution in [1.29, 1.82) is 0 Å².